The van der Waals surface area contributed by atoms with Gasteiger partial charge in [0.05, 0.1) is 32.7 Å². The molecule has 25 heavy (non-hydrogen) atoms. The van der Waals surface area contributed by atoms with Crippen molar-refractivity contribution in [1.82, 2.24) is 0 Å². The van der Waals surface area contributed by atoms with Crippen molar-refractivity contribution in [3.8, 4) is 17.2 Å². The van der Waals surface area contributed by atoms with Crippen LogP contribution in [0.4, 0.5) is 5.69 Å². The molecule has 0 amide bonds. The molecular formula is C19H19NO5. The van der Waals surface area contributed by atoms with Crippen LogP contribution >= 0.6 is 0 Å². The van der Waals surface area contributed by atoms with Crippen LogP contribution in [-0.2, 0) is 4.74 Å². The summed E-state index contributed by atoms with van der Waals surface area (Å²) in [6.45, 7) is 0. The van der Waals surface area contributed by atoms with Crippen LogP contribution in [0.1, 0.15) is 15.9 Å². The van der Waals surface area contributed by atoms with Crippen molar-refractivity contribution in [2.24, 2.45) is 4.99 Å². The van der Waals surface area contributed by atoms with Crippen LogP contribution in [0.2, 0.25) is 0 Å². The number of rotatable bonds is 5. The van der Waals surface area contributed by atoms with Crippen molar-refractivity contribution in [2.75, 3.05) is 28.4 Å². The van der Waals surface area contributed by atoms with Gasteiger partial charge in [0, 0.05) is 24.3 Å². The number of ether oxygens (including phenoxy) is 4. The van der Waals surface area contributed by atoms with Gasteiger partial charge in [-0.25, -0.2) is 4.99 Å². The molecule has 1 aliphatic heterocycles. The second-order valence-corrected chi connectivity index (χ2v) is 5.43. The topological polar surface area (TPSA) is 66.3 Å². The van der Waals surface area contributed by atoms with Gasteiger partial charge >= 0.3 is 0 Å². The number of methoxy groups -OCH3 is 4. The number of nitrogens with zero attached hydrogens (tertiary/aromatic N) is 1. The highest BCUT2D eigenvalue weighted by molar-refractivity contribution is 6.25. The Bertz CT molecular complexity index is 844. The van der Waals surface area contributed by atoms with E-state index in [1.165, 1.54) is 7.11 Å². The first-order chi connectivity index (χ1) is 12.1. The zero-order valence-electron chi connectivity index (χ0n) is 14.5. The molecule has 0 aromatic heterocycles. The summed E-state index contributed by atoms with van der Waals surface area (Å²) >= 11 is 0. The van der Waals surface area contributed by atoms with E-state index in [-0.39, 0.29) is 5.78 Å². The predicted octanol–water partition coefficient (Wildman–Crippen LogP) is 3.04. The van der Waals surface area contributed by atoms with E-state index in [4.69, 9.17) is 18.9 Å². The van der Waals surface area contributed by atoms with Crippen molar-refractivity contribution >= 4 is 17.2 Å². The van der Waals surface area contributed by atoms with Gasteiger partial charge in [0.15, 0.2) is 23.4 Å². The lowest BCUT2D eigenvalue weighted by atomic mass is 9.93. The van der Waals surface area contributed by atoms with Crippen LogP contribution < -0.4 is 14.2 Å². The summed E-state index contributed by atoms with van der Waals surface area (Å²) in [5.41, 5.74) is 2.32. The molecule has 1 unspecified atom stereocenters. The fourth-order valence-electron chi connectivity index (χ4n) is 2.82. The lowest BCUT2D eigenvalue weighted by Crippen LogP contribution is -2.35. The summed E-state index contributed by atoms with van der Waals surface area (Å²) < 4.78 is 21.3. The van der Waals surface area contributed by atoms with Crippen LogP contribution in [0.5, 0.6) is 17.2 Å². The highest BCUT2D eigenvalue weighted by atomic mass is 16.5. The fourth-order valence-corrected chi connectivity index (χ4v) is 2.82. The van der Waals surface area contributed by atoms with Gasteiger partial charge in [0.1, 0.15) is 5.75 Å². The SMILES string of the molecule is COc1ccc2c(c1)N=C(c1ccc(OC)c(OC)c1)C(OC)C2=O. The molecule has 6 heteroatoms. The Morgan fingerprint density at radius 3 is 2.28 bits per heavy atom. The third-order valence-corrected chi connectivity index (χ3v) is 4.11. The average Bonchev–Trinajstić information content (AvgIpc) is 2.66. The third kappa shape index (κ3) is 2.96. The summed E-state index contributed by atoms with van der Waals surface area (Å²) in [4.78, 5) is 17.5. The van der Waals surface area contributed by atoms with Crippen LogP contribution in [0.3, 0.4) is 0 Å². The van der Waals surface area contributed by atoms with Crippen LogP contribution in [0.15, 0.2) is 41.4 Å². The number of carbonyl (C=O) groups excluding carboxylic acids is 1. The summed E-state index contributed by atoms with van der Waals surface area (Å²) in [5.74, 6) is 1.66. The number of ketones is 1. The zero-order valence-corrected chi connectivity index (χ0v) is 14.5. The normalized spacial score (nSPS) is 16.1. The molecule has 2 aromatic rings. The van der Waals surface area contributed by atoms with Crippen molar-refractivity contribution < 1.29 is 23.7 Å². The van der Waals surface area contributed by atoms with Crippen LogP contribution in [0, 0.1) is 0 Å². The number of carbonyl (C=O) groups is 1. The van der Waals surface area contributed by atoms with Gasteiger partial charge in [-0.2, -0.15) is 0 Å². The quantitative estimate of drug-likeness (QED) is 0.836. The van der Waals surface area contributed by atoms with Gasteiger partial charge < -0.3 is 18.9 Å². The minimum absolute atomic E-state index is 0.139. The molecule has 0 saturated heterocycles. The maximum Gasteiger partial charge on any atom is 0.199 e. The Morgan fingerprint density at radius 1 is 0.880 bits per heavy atom. The molecule has 2 aromatic carbocycles. The third-order valence-electron chi connectivity index (χ3n) is 4.11. The molecule has 1 heterocycles. The van der Waals surface area contributed by atoms with Crippen molar-refractivity contribution in [3.05, 3.63) is 47.5 Å². The maximum absolute atomic E-state index is 12.8. The second kappa shape index (κ2) is 6.94. The van der Waals surface area contributed by atoms with E-state index < -0.39 is 6.10 Å². The van der Waals surface area contributed by atoms with E-state index >= 15 is 0 Å². The lowest BCUT2D eigenvalue weighted by molar-refractivity contribution is 0.0754. The van der Waals surface area contributed by atoms with Crippen molar-refractivity contribution in [3.63, 3.8) is 0 Å². The van der Waals surface area contributed by atoms with Gasteiger partial charge in [-0.15, -0.1) is 0 Å². The predicted molar refractivity (Wildman–Crippen MR) is 93.9 cm³/mol. The zero-order chi connectivity index (χ0) is 18.0. The average molecular weight is 341 g/mol. The summed E-state index contributed by atoms with van der Waals surface area (Å²) in [7, 11) is 6.19. The molecule has 130 valence electrons. The number of benzene rings is 2. The molecule has 1 atom stereocenters. The Labute approximate surface area is 146 Å². The molecule has 6 nitrogen and oxygen atoms in total. The van der Waals surface area contributed by atoms with Crippen molar-refractivity contribution in [1.29, 1.82) is 0 Å². The van der Waals surface area contributed by atoms with Gasteiger partial charge in [0.2, 0.25) is 0 Å². The first-order valence-corrected chi connectivity index (χ1v) is 7.69. The number of Topliss-reactive ketones (excluding diaryl/α,β-unsaturated/α-hetero) is 1. The van der Waals surface area contributed by atoms with Crippen LogP contribution in [-0.4, -0.2) is 46.0 Å². The van der Waals surface area contributed by atoms with Gasteiger partial charge in [0.25, 0.3) is 0 Å². The standard InChI is InChI=1S/C19H19NO5/c1-22-12-6-7-13-14(10-12)20-17(19(25-4)18(13)21)11-5-8-15(23-2)16(9-11)24-3/h5-10,19H,1-4H3. The molecule has 0 aliphatic carbocycles. The lowest BCUT2D eigenvalue weighted by Gasteiger charge is -2.23. The monoisotopic (exact) mass is 341 g/mol. The van der Waals surface area contributed by atoms with Crippen molar-refractivity contribution in [2.45, 2.75) is 6.10 Å². The summed E-state index contributed by atoms with van der Waals surface area (Å²) in [6.07, 6.45) is -0.779. The minimum atomic E-state index is -0.779. The van der Waals surface area contributed by atoms with E-state index in [0.29, 0.717) is 34.2 Å². The smallest absolute Gasteiger partial charge is 0.199 e. The largest absolute Gasteiger partial charge is 0.497 e. The first kappa shape index (κ1) is 17.0. The highest BCUT2D eigenvalue weighted by Gasteiger charge is 2.33. The molecule has 3 rings (SSSR count). The first-order valence-electron chi connectivity index (χ1n) is 7.69. The number of fused-ring (bicyclic) bond motifs is 1. The Morgan fingerprint density at radius 2 is 1.64 bits per heavy atom. The number of hydrogen-bond donors (Lipinski definition) is 0. The molecule has 0 N–H and O–H groups in total. The van der Waals surface area contributed by atoms with Gasteiger partial charge in [-0.1, -0.05) is 0 Å². The second-order valence-electron chi connectivity index (χ2n) is 5.43. The number of aliphatic imine (C=N–C) groups is 1. The van der Waals surface area contributed by atoms with Gasteiger partial charge in [-0.3, -0.25) is 4.79 Å². The molecule has 0 spiro atoms. The Balaban J connectivity index is 2.15. The molecule has 1 aliphatic rings. The van der Waals surface area contributed by atoms with E-state index in [9.17, 15) is 4.79 Å². The summed E-state index contributed by atoms with van der Waals surface area (Å²) in [5, 5.41) is 0. The molecule has 0 bridgehead atoms. The van der Waals surface area contributed by atoms with E-state index in [1.54, 1.807) is 51.7 Å². The highest BCUT2D eigenvalue weighted by Crippen LogP contribution is 2.34. The molecule has 0 fully saturated rings. The Hall–Kier alpha value is -2.86. The van der Waals surface area contributed by atoms with E-state index in [2.05, 4.69) is 4.99 Å². The maximum atomic E-state index is 12.8. The summed E-state index contributed by atoms with van der Waals surface area (Å²) in [6, 6.07) is 10.6. The fraction of sp³-hybridized carbons (Fsp3) is 0.263. The van der Waals surface area contributed by atoms with Gasteiger partial charge in [-0.05, 0) is 30.3 Å². The number of hydrogen-bond acceptors (Lipinski definition) is 6. The van der Waals surface area contributed by atoms with E-state index in [0.717, 1.165) is 5.56 Å². The Kier molecular flexibility index (Phi) is 4.72. The van der Waals surface area contributed by atoms with E-state index in [1.807, 2.05) is 6.07 Å². The molecular weight excluding hydrogens is 322 g/mol. The minimum Gasteiger partial charge on any atom is -0.497 e. The molecule has 0 saturated carbocycles. The molecule has 0 radical (unpaired) electrons. The van der Waals surface area contributed by atoms with Crippen LogP contribution in [0.25, 0.3) is 0 Å².